The topological polar surface area (TPSA) is 54.5 Å². The zero-order valence-corrected chi connectivity index (χ0v) is 13.2. The van der Waals surface area contributed by atoms with Crippen LogP contribution in [0, 0.1) is 11.7 Å². The molecule has 1 aromatic carbocycles. The lowest BCUT2D eigenvalue weighted by Gasteiger charge is -2.27. The Morgan fingerprint density at radius 2 is 2.05 bits per heavy atom. The second kappa shape index (κ2) is 5.11. The molecule has 21 heavy (non-hydrogen) atoms. The summed E-state index contributed by atoms with van der Waals surface area (Å²) in [5.74, 6) is -0.933. The second-order valence-corrected chi connectivity index (χ2v) is 8.43. The van der Waals surface area contributed by atoms with Gasteiger partial charge in [-0.1, -0.05) is 11.6 Å². The molecule has 0 aromatic heterocycles. The van der Waals surface area contributed by atoms with Crippen molar-refractivity contribution in [2.45, 2.75) is 30.2 Å². The molecular weight excluding hydrogens is 340 g/mol. The van der Waals surface area contributed by atoms with Gasteiger partial charge in [0.25, 0.3) is 15.0 Å². The quantitative estimate of drug-likeness (QED) is 0.769. The highest BCUT2D eigenvalue weighted by molar-refractivity contribution is 8.13. The molecule has 0 N–H and O–H groups in total. The van der Waals surface area contributed by atoms with Crippen molar-refractivity contribution in [3.8, 4) is 0 Å². The largest absolute Gasteiger partial charge is 0.335 e. The summed E-state index contributed by atoms with van der Waals surface area (Å²) in [4.78, 5) is 13.5. The van der Waals surface area contributed by atoms with Crippen LogP contribution in [0.5, 0.6) is 0 Å². The summed E-state index contributed by atoms with van der Waals surface area (Å²) in [6.45, 7) is 0.639. The van der Waals surface area contributed by atoms with Gasteiger partial charge in [-0.3, -0.25) is 4.79 Å². The Labute approximate surface area is 131 Å². The van der Waals surface area contributed by atoms with E-state index in [4.69, 9.17) is 22.3 Å². The Morgan fingerprint density at radius 3 is 2.57 bits per heavy atom. The molecule has 2 unspecified atom stereocenters. The SMILES string of the molecule is O=C(c1cc(S(=O)(=O)Cl)c(F)cc1Cl)N1CC2CCC1C2. The fraction of sp³-hybridized carbons (Fsp3) is 0.462. The highest BCUT2D eigenvalue weighted by Crippen LogP contribution is 2.39. The molecule has 2 atom stereocenters. The first-order valence-electron chi connectivity index (χ1n) is 6.52. The molecule has 1 amide bonds. The van der Waals surface area contributed by atoms with E-state index in [1.165, 1.54) is 0 Å². The molecule has 1 aliphatic carbocycles. The van der Waals surface area contributed by atoms with Gasteiger partial charge in [0.1, 0.15) is 10.7 Å². The predicted octanol–water partition coefficient (Wildman–Crippen LogP) is 3.03. The molecule has 1 saturated carbocycles. The molecule has 0 radical (unpaired) electrons. The third-order valence-corrected chi connectivity index (χ3v) is 5.83. The molecule has 3 rings (SSSR count). The zero-order chi connectivity index (χ0) is 15.4. The maximum absolute atomic E-state index is 13.6. The van der Waals surface area contributed by atoms with Crippen molar-refractivity contribution in [3.63, 3.8) is 0 Å². The fourth-order valence-electron chi connectivity index (χ4n) is 3.21. The summed E-state index contributed by atoms with van der Waals surface area (Å²) >= 11 is 5.90. The third-order valence-electron chi connectivity index (χ3n) is 4.18. The van der Waals surface area contributed by atoms with E-state index in [0.29, 0.717) is 12.5 Å². The van der Waals surface area contributed by atoms with Crippen molar-refractivity contribution in [2.24, 2.45) is 5.92 Å². The number of piperidine rings is 1. The predicted molar refractivity (Wildman–Crippen MR) is 76.6 cm³/mol. The summed E-state index contributed by atoms with van der Waals surface area (Å²) in [6.07, 6.45) is 3.01. The van der Waals surface area contributed by atoms with E-state index >= 15 is 0 Å². The molecule has 1 heterocycles. The number of carbonyl (C=O) groups is 1. The summed E-state index contributed by atoms with van der Waals surface area (Å²) in [6, 6.07) is 1.91. The van der Waals surface area contributed by atoms with Crippen LogP contribution in [0.3, 0.4) is 0 Å². The molecule has 2 fully saturated rings. The number of nitrogens with zero attached hydrogens (tertiary/aromatic N) is 1. The van der Waals surface area contributed by atoms with Gasteiger partial charge in [0, 0.05) is 23.3 Å². The van der Waals surface area contributed by atoms with Gasteiger partial charge >= 0.3 is 0 Å². The van der Waals surface area contributed by atoms with Crippen LogP contribution in [-0.2, 0) is 9.05 Å². The Hall–Kier alpha value is -0.850. The van der Waals surface area contributed by atoms with Crippen LogP contribution >= 0.6 is 22.3 Å². The first kappa shape index (κ1) is 15.1. The molecule has 8 heteroatoms. The van der Waals surface area contributed by atoms with E-state index in [9.17, 15) is 17.6 Å². The maximum Gasteiger partial charge on any atom is 0.264 e. The number of amides is 1. The van der Waals surface area contributed by atoms with Crippen LogP contribution in [-0.4, -0.2) is 31.8 Å². The average Bonchev–Trinajstić information content (AvgIpc) is 2.98. The summed E-state index contributed by atoms with van der Waals surface area (Å²) < 4.78 is 36.3. The molecule has 2 aliphatic rings. The number of benzene rings is 1. The minimum absolute atomic E-state index is 0.0233. The van der Waals surface area contributed by atoms with Gasteiger partial charge in [-0.15, -0.1) is 0 Å². The van der Waals surface area contributed by atoms with Crippen molar-refractivity contribution >= 4 is 37.2 Å². The summed E-state index contributed by atoms with van der Waals surface area (Å²) in [5, 5.41) is -0.107. The first-order chi connectivity index (χ1) is 9.77. The lowest BCUT2D eigenvalue weighted by molar-refractivity contribution is 0.0703. The van der Waals surface area contributed by atoms with E-state index < -0.39 is 19.8 Å². The highest BCUT2D eigenvalue weighted by atomic mass is 35.7. The molecule has 1 aromatic rings. The first-order valence-corrected chi connectivity index (χ1v) is 9.21. The van der Waals surface area contributed by atoms with Gasteiger partial charge in [0.15, 0.2) is 0 Å². The van der Waals surface area contributed by atoms with Crippen LogP contribution in [0.1, 0.15) is 29.6 Å². The van der Waals surface area contributed by atoms with Crippen LogP contribution in [0.15, 0.2) is 17.0 Å². The molecule has 114 valence electrons. The lowest BCUT2D eigenvalue weighted by Crippen LogP contribution is -2.37. The van der Waals surface area contributed by atoms with Gasteiger partial charge in [0.2, 0.25) is 0 Å². The molecule has 0 spiro atoms. The van der Waals surface area contributed by atoms with Gasteiger partial charge in [-0.2, -0.15) is 0 Å². The van der Waals surface area contributed by atoms with Crippen LogP contribution < -0.4 is 0 Å². The van der Waals surface area contributed by atoms with E-state index in [0.717, 1.165) is 31.4 Å². The van der Waals surface area contributed by atoms with Gasteiger partial charge < -0.3 is 4.90 Å². The number of likely N-dealkylation sites (tertiary alicyclic amines) is 1. The highest BCUT2D eigenvalue weighted by Gasteiger charge is 2.41. The van der Waals surface area contributed by atoms with Crippen molar-refractivity contribution in [3.05, 3.63) is 28.5 Å². The fourth-order valence-corrected chi connectivity index (χ4v) is 4.34. The van der Waals surface area contributed by atoms with Gasteiger partial charge in [0.05, 0.1) is 10.6 Å². The Bertz CT molecular complexity index is 722. The normalized spacial score (nSPS) is 24.6. The Kier molecular flexibility index (Phi) is 3.66. The molecule has 2 bridgehead atoms. The third kappa shape index (κ3) is 2.64. The second-order valence-electron chi connectivity index (χ2n) is 5.49. The maximum atomic E-state index is 13.6. The lowest BCUT2D eigenvalue weighted by atomic mass is 10.1. The number of hydrogen-bond donors (Lipinski definition) is 0. The average molecular weight is 352 g/mol. The minimum atomic E-state index is -4.27. The van der Waals surface area contributed by atoms with Gasteiger partial charge in [-0.05, 0) is 37.3 Å². The molecular formula is C13H12Cl2FNO3S. The summed E-state index contributed by atoms with van der Waals surface area (Å²) in [5.41, 5.74) is -0.0233. The van der Waals surface area contributed by atoms with E-state index in [1.54, 1.807) is 4.90 Å². The van der Waals surface area contributed by atoms with E-state index in [-0.39, 0.29) is 22.5 Å². The van der Waals surface area contributed by atoms with Crippen molar-refractivity contribution < 1.29 is 17.6 Å². The minimum Gasteiger partial charge on any atom is -0.335 e. The van der Waals surface area contributed by atoms with Crippen molar-refractivity contribution in [1.82, 2.24) is 4.90 Å². The Morgan fingerprint density at radius 1 is 1.33 bits per heavy atom. The van der Waals surface area contributed by atoms with Crippen LogP contribution in [0.25, 0.3) is 0 Å². The van der Waals surface area contributed by atoms with E-state index in [2.05, 4.69) is 0 Å². The zero-order valence-electron chi connectivity index (χ0n) is 10.9. The number of carbonyl (C=O) groups excluding carboxylic acids is 1. The van der Waals surface area contributed by atoms with Crippen molar-refractivity contribution in [2.75, 3.05) is 6.54 Å². The number of hydrogen-bond acceptors (Lipinski definition) is 3. The number of fused-ring (bicyclic) bond motifs is 2. The smallest absolute Gasteiger partial charge is 0.264 e. The molecule has 4 nitrogen and oxygen atoms in total. The number of halogens is 3. The Balaban J connectivity index is 2.00. The molecule has 1 saturated heterocycles. The van der Waals surface area contributed by atoms with Gasteiger partial charge in [-0.25, -0.2) is 12.8 Å². The van der Waals surface area contributed by atoms with Crippen molar-refractivity contribution in [1.29, 1.82) is 0 Å². The van der Waals surface area contributed by atoms with Crippen LogP contribution in [0.2, 0.25) is 5.02 Å². The van der Waals surface area contributed by atoms with Crippen LogP contribution in [0.4, 0.5) is 4.39 Å². The molecule has 1 aliphatic heterocycles. The standard InChI is InChI=1S/C13H12Cl2FNO3S/c14-10-5-11(16)12(21(15,19)20)4-9(10)13(18)17-6-7-1-2-8(17)3-7/h4-5,7-8H,1-3,6H2. The van der Waals surface area contributed by atoms with E-state index in [1.807, 2.05) is 0 Å². The summed E-state index contributed by atoms with van der Waals surface area (Å²) in [7, 11) is 0.907. The number of rotatable bonds is 2. The monoisotopic (exact) mass is 351 g/mol.